The van der Waals surface area contributed by atoms with Gasteiger partial charge in [0.2, 0.25) is 12.2 Å². The zero-order chi connectivity index (χ0) is 31.7. The molecule has 10 atom stereocenters. The highest BCUT2D eigenvalue weighted by Gasteiger charge is 2.46. The zero-order valence-electron chi connectivity index (χ0n) is 22.6. The van der Waals surface area contributed by atoms with Crippen LogP contribution in [0.2, 0.25) is 0 Å². The van der Waals surface area contributed by atoms with Gasteiger partial charge in [0.25, 0.3) is 0 Å². The fourth-order valence-electron chi connectivity index (χ4n) is 3.93. The third kappa shape index (κ3) is 10.5. The highest BCUT2D eigenvalue weighted by atomic mass is 16.7. The van der Waals surface area contributed by atoms with Crippen LogP contribution in [0.1, 0.15) is 33.1 Å². The first-order valence-corrected chi connectivity index (χ1v) is 12.6. The molecule has 0 radical (unpaired) electrons. The second-order valence-corrected chi connectivity index (χ2v) is 9.59. The molecule has 240 valence electrons. The number of rotatable bonds is 16. The summed E-state index contributed by atoms with van der Waals surface area (Å²) in [5.74, 6) is -6.86. The standard InChI is InChI=1S/C24H42NO16/c1-10(28)17(33)20(36)15(4-6-26)40-23(38)21(37)18(34)12(30)5-7-39-24(3)8-13(31)16(25-11(2)29)22(41-24)19(35)14(32)9-27/h10,12-16,19,22-23,26-28,30-38H,3-9H2,1-2H3,(H,25,29)/q-1. The third-order valence-corrected chi connectivity index (χ3v) is 6.14. The van der Waals surface area contributed by atoms with E-state index in [-0.39, 0.29) is 6.42 Å². The van der Waals surface area contributed by atoms with E-state index in [2.05, 4.69) is 12.2 Å². The Balaban J connectivity index is 2.93. The van der Waals surface area contributed by atoms with Crippen LogP contribution in [0.5, 0.6) is 0 Å². The van der Waals surface area contributed by atoms with Gasteiger partial charge in [-0.2, -0.15) is 0 Å². The summed E-state index contributed by atoms with van der Waals surface area (Å²) in [6, 6.07) is -1.22. The van der Waals surface area contributed by atoms with Gasteiger partial charge < -0.3 is 80.8 Å². The lowest BCUT2D eigenvalue weighted by atomic mass is 9.89. The molecule has 1 aliphatic heterocycles. The first-order chi connectivity index (χ1) is 19.0. The van der Waals surface area contributed by atoms with Crippen LogP contribution in [0.15, 0.2) is 23.0 Å². The van der Waals surface area contributed by atoms with Crippen LogP contribution in [-0.2, 0) is 19.0 Å². The molecule has 0 bridgehead atoms. The molecule has 13 N–H and O–H groups in total. The lowest BCUT2D eigenvalue weighted by molar-refractivity contribution is -0.299. The molecular weight excluding hydrogens is 558 g/mol. The van der Waals surface area contributed by atoms with Crippen molar-refractivity contribution in [3.8, 4) is 0 Å². The quantitative estimate of drug-likeness (QED) is 0.0471. The van der Waals surface area contributed by atoms with Gasteiger partial charge in [-0.15, -0.1) is 0 Å². The van der Waals surface area contributed by atoms with E-state index in [9.17, 15) is 61.0 Å². The maximum Gasteiger partial charge on any atom is 0.218 e. The van der Waals surface area contributed by atoms with Crippen LogP contribution in [0.25, 0.3) is 0 Å². The summed E-state index contributed by atoms with van der Waals surface area (Å²) in [7, 11) is 0. The molecule has 1 fully saturated rings. The monoisotopic (exact) mass is 600 g/mol. The van der Waals surface area contributed by atoms with Gasteiger partial charge in [0.05, 0.1) is 18.8 Å². The van der Waals surface area contributed by atoms with Gasteiger partial charge in [0.1, 0.15) is 36.6 Å². The van der Waals surface area contributed by atoms with Gasteiger partial charge in [0, 0.05) is 38.8 Å². The Morgan fingerprint density at radius 3 is 2.15 bits per heavy atom. The van der Waals surface area contributed by atoms with Crippen LogP contribution >= 0.6 is 0 Å². The molecule has 1 amide bonds. The average Bonchev–Trinajstić information content (AvgIpc) is 2.91. The number of amides is 1. The van der Waals surface area contributed by atoms with E-state index in [0.717, 1.165) is 13.8 Å². The number of hydrogen-bond acceptors (Lipinski definition) is 16. The number of hydrogen-bond donors (Lipinski definition) is 13. The van der Waals surface area contributed by atoms with Crippen LogP contribution in [-0.4, -0.2) is 148 Å². The summed E-state index contributed by atoms with van der Waals surface area (Å²) >= 11 is 0. The molecular formula is C24H42NO16-. The molecule has 0 saturated carbocycles. The summed E-state index contributed by atoms with van der Waals surface area (Å²) in [5.41, 5.74) is 0. The molecule has 17 heteroatoms. The van der Waals surface area contributed by atoms with Crippen molar-refractivity contribution in [2.75, 3.05) is 19.8 Å². The van der Waals surface area contributed by atoms with Crippen LogP contribution in [0.3, 0.4) is 0 Å². The molecule has 0 aromatic carbocycles. The topological polar surface area (TPSA) is 300 Å². The third-order valence-electron chi connectivity index (χ3n) is 6.14. The number of nitrogens with one attached hydrogen (secondary N) is 1. The Bertz CT molecular complexity index is 897. The molecule has 0 aromatic heterocycles. The van der Waals surface area contributed by atoms with Crippen molar-refractivity contribution in [2.24, 2.45) is 0 Å². The zero-order valence-corrected chi connectivity index (χ0v) is 22.6. The normalized spacial score (nSPS) is 28.9. The lowest BCUT2D eigenvalue weighted by Gasteiger charge is -2.51. The largest absolute Gasteiger partial charge is 0.506 e. The van der Waals surface area contributed by atoms with Gasteiger partial charge in [0.15, 0.2) is 23.0 Å². The number of ether oxygens (including phenoxy) is 3. The fourth-order valence-corrected chi connectivity index (χ4v) is 3.93. The Hall–Kier alpha value is -2.29. The second-order valence-electron chi connectivity index (χ2n) is 9.59. The molecule has 0 aromatic rings. The van der Waals surface area contributed by atoms with Crippen molar-refractivity contribution >= 4 is 5.91 Å². The van der Waals surface area contributed by atoms with Crippen LogP contribution in [0, 0.1) is 6.92 Å². The summed E-state index contributed by atoms with van der Waals surface area (Å²) in [6.45, 7) is 3.98. The molecule has 17 nitrogen and oxygen atoms in total. The molecule has 41 heavy (non-hydrogen) atoms. The van der Waals surface area contributed by atoms with Crippen LogP contribution in [0.4, 0.5) is 0 Å². The summed E-state index contributed by atoms with van der Waals surface area (Å²) < 4.78 is 16.0. The Labute approximate surface area is 235 Å². The predicted molar refractivity (Wildman–Crippen MR) is 136 cm³/mol. The first-order valence-electron chi connectivity index (χ1n) is 12.6. The summed E-state index contributed by atoms with van der Waals surface area (Å²) in [5, 5.41) is 121. The average molecular weight is 601 g/mol. The molecule has 1 heterocycles. The SMILES string of the molecule is [CH2-]C1(OCCC(O)C(O)=C(O)C(O)OC(CCO)C(O)=C(O)C(C)O)CC(O)C(NC(C)=O)C(C(O)C(O)CO)O1. The second kappa shape index (κ2) is 16.4. The van der Waals surface area contributed by atoms with Gasteiger partial charge in [-0.3, -0.25) is 11.7 Å². The molecule has 1 aliphatic rings. The minimum atomic E-state index is -2.37. The number of carbonyl (C=O) groups is 1. The van der Waals surface area contributed by atoms with Crippen molar-refractivity contribution in [2.45, 2.75) is 94.0 Å². The lowest BCUT2D eigenvalue weighted by Crippen LogP contribution is -2.65. The van der Waals surface area contributed by atoms with Crippen molar-refractivity contribution in [1.82, 2.24) is 5.32 Å². The van der Waals surface area contributed by atoms with E-state index in [1.54, 1.807) is 0 Å². The van der Waals surface area contributed by atoms with Gasteiger partial charge >= 0.3 is 0 Å². The highest BCUT2D eigenvalue weighted by molar-refractivity contribution is 5.73. The minimum Gasteiger partial charge on any atom is -0.506 e. The molecule has 1 saturated heterocycles. The van der Waals surface area contributed by atoms with E-state index in [4.69, 9.17) is 19.3 Å². The van der Waals surface area contributed by atoms with E-state index < -0.39 is 122 Å². The van der Waals surface area contributed by atoms with Crippen molar-refractivity contribution in [3.63, 3.8) is 0 Å². The molecule has 0 spiro atoms. The van der Waals surface area contributed by atoms with Gasteiger partial charge in [-0.1, -0.05) is 0 Å². The number of carbonyl (C=O) groups excluding carboxylic acids is 1. The highest BCUT2D eigenvalue weighted by Crippen LogP contribution is 2.33. The Morgan fingerprint density at radius 2 is 1.63 bits per heavy atom. The summed E-state index contributed by atoms with van der Waals surface area (Å²) in [6.07, 6.45) is -15.1. The van der Waals surface area contributed by atoms with Crippen molar-refractivity contribution in [3.05, 3.63) is 30.0 Å². The van der Waals surface area contributed by atoms with E-state index >= 15 is 0 Å². The fraction of sp³-hybridized carbons (Fsp3) is 0.750. The smallest absolute Gasteiger partial charge is 0.218 e. The van der Waals surface area contributed by atoms with E-state index in [1.807, 2.05) is 0 Å². The molecule has 10 unspecified atom stereocenters. The summed E-state index contributed by atoms with van der Waals surface area (Å²) in [4.78, 5) is 11.6. The van der Waals surface area contributed by atoms with Gasteiger partial charge in [-0.25, -0.2) is 0 Å². The van der Waals surface area contributed by atoms with E-state index in [0.29, 0.717) is 0 Å². The number of aliphatic hydroxyl groups excluding tert-OH is 12. The minimum absolute atomic E-state index is 0.366. The van der Waals surface area contributed by atoms with Crippen molar-refractivity contribution < 1.29 is 80.3 Å². The Morgan fingerprint density at radius 1 is 1.02 bits per heavy atom. The molecule has 0 aliphatic carbocycles. The molecule has 1 rings (SSSR count). The van der Waals surface area contributed by atoms with E-state index in [1.165, 1.54) is 0 Å². The van der Waals surface area contributed by atoms with Crippen molar-refractivity contribution in [1.29, 1.82) is 0 Å². The van der Waals surface area contributed by atoms with Gasteiger partial charge in [-0.05, 0) is 13.3 Å². The predicted octanol–water partition coefficient (Wildman–Crippen LogP) is -3.23. The maximum absolute atomic E-state index is 11.6. The first kappa shape index (κ1) is 36.7. The number of aliphatic hydroxyl groups is 12. The maximum atomic E-state index is 11.6. The Kier molecular flexibility index (Phi) is 14.7. The van der Waals surface area contributed by atoms with Crippen LogP contribution < -0.4 is 5.32 Å².